The highest BCUT2D eigenvalue weighted by Crippen LogP contribution is 2.55. The average molecular weight is 266 g/mol. The van der Waals surface area contributed by atoms with Crippen molar-refractivity contribution in [3.05, 3.63) is 23.3 Å². The van der Waals surface area contributed by atoms with Crippen LogP contribution in [0.4, 0.5) is 0 Å². The molecule has 1 saturated carbocycles. The van der Waals surface area contributed by atoms with E-state index < -0.39 is 17.4 Å². The van der Waals surface area contributed by atoms with Gasteiger partial charge in [0.2, 0.25) is 0 Å². The van der Waals surface area contributed by atoms with Crippen LogP contribution in [0, 0.1) is 0 Å². The summed E-state index contributed by atoms with van der Waals surface area (Å²) in [6.45, 7) is 0. The van der Waals surface area contributed by atoms with Crippen molar-refractivity contribution in [3.8, 4) is 11.5 Å². The van der Waals surface area contributed by atoms with Crippen LogP contribution >= 0.6 is 0 Å². The van der Waals surface area contributed by atoms with E-state index in [2.05, 4.69) is 0 Å². The summed E-state index contributed by atoms with van der Waals surface area (Å²) < 4.78 is 4.94. The van der Waals surface area contributed by atoms with Crippen LogP contribution in [0.1, 0.15) is 35.2 Å². The van der Waals surface area contributed by atoms with Gasteiger partial charge < -0.3 is 20.1 Å². The first kappa shape index (κ1) is 13.2. The third-order valence-corrected chi connectivity index (χ3v) is 3.46. The van der Waals surface area contributed by atoms with E-state index in [-0.39, 0.29) is 23.5 Å². The highest BCUT2D eigenvalue weighted by atomic mass is 16.5. The SMILES string of the molecule is COc1cc(C(=O)O)cc(C2(CC(=O)O)CC2)c1O. The molecule has 6 nitrogen and oxygen atoms in total. The second-order valence-electron chi connectivity index (χ2n) is 4.73. The summed E-state index contributed by atoms with van der Waals surface area (Å²) >= 11 is 0. The van der Waals surface area contributed by atoms with Crippen molar-refractivity contribution >= 4 is 11.9 Å². The number of aromatic hydroxyl groups is 1. The van der Waals surface area contributed by atoms with E-state index in [1.807, 2.05) is 0 Å². The third-order valence-electron chi connectivity index (χ3n) is 3.46. The molecular weight excluding hydrogens is 252 g/mol. The Hall–Kier alpha value is -2.24. The first-order chi connectivity index (χ1) is 8.89. The predicted octanol–water partition coefficient (Wildman–Crippen LogP) is 1.61. The van der Waals surface area contributed by atoms with Crippen LogP contribution in [-0.2, 0) is 10.2 Å². The molecule has 0 heterocycles. The van der Waals surface area contributed by atoms with Gasteiger partial charge in [0, 0.05) is 11.0 Å². The van der Waals surface area contributed by atoms with Crippen molar-refractivity contribution in [2.45, 2.75) is 24.7 Å². The maximum Gasteiger partial charge on any atom is 0.335 e. The normalized spacial score (nSPS) is 15.8. The lowest BCUT2D eigenvalue weighted by Gasteiger charge is -2.17. The summed E-state index contributed by atoms with van der Waals surface area (Å²) in [5.74, 6) is -2.25. The largest absolute Gasteiger partial charge is 0.504 e. The number of aromatic carboxylic acids is 1. The van der Waals surface area contributed by atoms with Crippen molar-refractivity contribution < 1.29 is 29.6 Å². The van der Waals surface area contributed by atoms with Gasteiger partial charge in [0.05, 0.1) is 19.1 Å². The van der Waals surface area contributed by atoms with Gasteiger partial charge in [-0.25, -0.2) is 4.79 Å². The van der Waals surface area contributed by atoms with Crippen LogP contribution in [-0.4, -0.2) is 34.4 Å². The zero-order valence-corrected chi connectivity index (χ0v) is 10.3. The van der Waals surface area contributed by atoms with E-state index >= 15 is 0 Å². The second-order valence-corrected chi connectivity index (χ2v) is 4.73. The lowest BCUT2D eigenvalue weighted by Crippen LogP contribution is -2.14. The molecule has 0 radical (unpaired) electrons. The number of phenolic OH excluding ortho intramolecular Hbond substituents is 1. The number of carbonyl (C=O) groups is 2. The van der Waals surface area contributed by atoms with Crippen LogP contribution in [0.15, 0.2) is 12.1 Å². The quantitative estimate of drug-likeness (QED) is 0.747. The highest BCUT2D eigenvalue weighted by molar-refractivity contribution is 5.89. The van der Waals surface area contributed by atoms with Crippen LogP contribution in [0.2, 0.25) is 0 Å². The number of methoxy groups -OCH3 is 1. The molecule has 0 aliphatic heterocycles. The summed E-state index contributed by atoms with van der Waals surface area (Å²) in [6, 6.07) is 2.55. The minimum absolute atomic E-state index is 0.0266. The monoisotopic (exact) mass is 266 g/mol. The summed E-state index contributed by atoms with van der Waals surface area (Å²) in [5, 5.41) is 28.0. The number of phenols is 1. The Morgan fingerprint density at radius 1 is 1.32 bits per heavy atom. The van der Waals surface area contributed by atoms with Gasteiger partial charge in [0.25, 0.3) is 0 Å². The molecule has 0 atom stereocenters. The molecule has 1 aliphatic rings. The van der Waals surface area contributed by atoms with E-state index in [0.717, 1.165) is 0 Å². The summed E-state index contributed by atoms with van der Waals surface area (Å²) in [4.78, 5) is 21.9. The van der Waals surface area contributed by atoms with Crippen molar-refractivity contribution in [1.82, 2.24) is 0 Å². The molecular formula is C13H14O6. The summed E-state index contributed by atoms with van der Waals surface area (Å²) in [7, 11) is 1.32. The number of ether oxygens (including phenoxy) is 1. The zero-order chi connectivity index (χ0) is 14.2. The van der Waals surface area contributed by atoms with Gasteiger partial charge in [0.1, 0.15) is 0 Å². The Kier molecular flexibility index (Phi) is 3.09. The molecule has 0 aromatic heterocycles. The fourth-order valence-electron chi connectivity index (χ4n) is 2.27. The molecule has 6 heteroatoms. The number of benzene rings is 1. The molecule has 0 spiro atoms. The van der Waals surface area contributed by atoms with E-state index in [0.29, 0.717) is 18.4 Å². The summed E-state index contributed by atoms with van der Waals surface area (Å²) in [6.07, 6.45) is 1.09. The lowest BCUT2D eigenvalue weighted by molar-refractivity contribution is -0.137. The molecule has 102 valence electrons. The highest BCUT2D eigenvalue weighted by Gasteiger charge is 2.48. The molecule has 3 N–H and O–H groups in total. The Bertz CT molecular complexity index is 544. The van der Waals surface area contributed by atoms with Crippen LogP contribution in [0.3, 0.4) is 0 Å². The van der Waals surface area contributed by atoms with E-state index in [9.17, 15) is 14.7 Å². The zero-order valence-electron chi connectivity index (χ0n) is 10.3. The minimum Gasteiger partial charge on any atom is -0.504 e. The average Bonchev–Trinajstić information content (AvgIpc) is 3.08. The van der Waals surface area contributed by atoms with Gasteiger partial charge in [-0.1, -0.05) is 0 Å². The topological polar surface area (TPSA) is 104 Å². The number of carboxylic acid groups (broad SMARTS) is 2. The maximum atomic E-state index is 11.0. The Balaban J connectivity index is 2.53. The van der Waals surface area contributed by atoms with E-state index in [4.69, 9.17) is 14.9 Å². The van der Waals surface area contributed by atoms with Crippen LogP contribution < -0.4 is 4.74 Å². The van der Waals surface area contributed by atoms with E-state index in [1.54, 1.807) is 0 Å². The maximum absolute atomic E-state index is 11.0. The Labute approximate surface area is 109 Å². The molecule has 1 aromatic rings. The molecule has 0 saturated heterocycles. The molecule has 2 rings (SSSR count). The molecule has 1 aromatic carbocycles. The lowest BCUT2D eigenvalue weighted by atomic mass is 9.90. The molecule has 0 unspecified atom stereocenters. The van der Waals surface area contributed by atoms with Gasteiger partial charge in [-0.15, -0.1) is 0 Å². The molecule has 0 amide bonds. The van der Waals surface area contributed by atoms with Gasteiger partial charge in [-0.3, -0.25) is 4.79 Å². The number of rotatable bonds is 5. The molecule has 19 heavy (non-hydrogen) atoms. The van der Waals surface area contributed by atoms with Crippen LogP contribution in [0.25, 0.3) is 0 Å². The minimum atomic E-state index is -1.15. The molecule has 1 aliphatic carbocycles. The number of carboxylic acids is 2. The number of hydrogen-bond acceptors (Lipinski definition) is 4. The first-order valence-corrected chi connectivity index (χ1v) is 5.76. The van der Waals surface area contributed by atoms with Crippen LogP contribution in [0.5, 0.6) is 11.5 Å². The number of hydrogen-bond donors (Lipinski definition) is 3. The fraction of sp³-hybridized carbons (Fsp3) is 0.385. The second kappa shape index (κ2) is 4.46. The first-order valence-electron chi connectivity index (χ1n) is 5.76. The fourth-order valence-corrected chi connectivity index (χ4v) is 2.27. The van der Waals surface area contributed by atoms with Gasteiger partial charge in [-0.05, 0) is 25.0 Å². The van der Waals surface area contributed by atoms with Crippen molar-refractivity contribution in [2.75, 3.05) is 7.11 Å². The van der Waals surface area contributed by atoms with Crippen molar-refractivity contribution in [3.63, 3.8) is 0 Å². The number of aliphatic carboxylic acids is 1. The smallest absolute Gasteiger partial charge is 0.335 e. The third kappa shape index (κ3) is 2.33. The van der Waals surface area contributed by atoms with Gasteiger partial charge in [0.15, 0.2) is 11.5 Å². The van der Waals surface area contributed by atoms with E-state index in [1.165, 1.54) is 19.2 Å². The standard InChI is InChI=1S/C13H14O6/c1-19-9-5-7(12(17)18)4-8(11(9)16)13(2-3-13)6-10(14)15/h4-5,16H,2-3,6H2,1H3,(H,14,15)(H,17,18). The van der Waals surface area contributed by atoms with Crippen molar-refractivity contribution in [1.29, 1.82) is 0 Å². The van der Waals surface area contributed by atoms with Gasteiger partial charge >= 0.3 is 11.9 Å². The molecule has 0 bridgehead atoms. The van der Waals surface area contributed by atoms with Crippen molar-refractivity contribution in [2.24, 2.45) is 0 Å². The van der Waals surface area contributed by atoms with Gasteiger partial charge in [-0.2, -0.15) is 0 Å². The molecule has 1 fully saturated rings. The Morgan fingerprint density at radius 2 is 1.95 bits per heavy atom. The Morgan fingerprint density at radius 3 is 2.37 bits per heavy atom. The summed E-state index contributed by atoms with van der Waals surface area (Å²) in [5.41, 5.74) is -0.359. The predicted molar refractivity (Wildman–Crippen MR) is 64.8 cm³/mol.